The summed E-state index contributed by atoms with van der Waals surface area (Å²) in [4.78, 5) is 24.1. The fourth-order valence-electron chi connectivity index (χ4n) is 3.25. The Bertz CT molecular complexity index is 826. The second-order valence-electron chi connectivity index (χ2n) is 6.54. The molecule has 1 saturated heterocycles. The normalized spacial score (nSPS) is 15.8. The Morgan fingerprint density at radius 1 is 1.15 bits per heavy atom. The third-order valence-electron chi connectivity index (χ3n) is 4.65. The highest BCUT2D eigenvalue weighted by Crippen LogP contribution is 2.29. The molecule has 1 fully saturated rings. The average Bonchev–Trinajstić information content (AvgIpc) is 2.97. The first-order valence-electron chi connectivity index (χ1n) is 9.31. The molecule has 7 heteroatoms. The minimum atomic E-state index is -1.11. The van der Waals surface area contributed by atoms with Gasteiger partial charge in [-0.1, -0.05) is 25.0 Å². The summed E-state index contributed by atoms with van der Waals surface area (Å²) in [6, 6.07) is 9.56. The van der Waals surface area contributed by atoms with Gasteiger partial charge in [-0.15, -0.1) is 0 Å². The van der Waals surface area contributed by atoms with Crippen LogP contribution in [-0.2, 0) is 14.3 Å². The molecule has 0 unspecified atom stereocenters. The maximum atomic E-state index is 12.5. The highest BCUT2D eigenvalue weighted by atomic mass is 16.6. The first kappa shape index (κ1) is 19.1. The molecule has 7 nitrogen and oxygen atoms in total. The Labute approximate surface area is 158 Å². The lowest BCUT2D eigenvalue weighted by atomic mass is 10.1. The zero-order chi connectivity index (χ0) is 19.1. The van der Waals surface area contributed by atoms with Gasteiger partial charge in [-0.3, -0.25) is 4.79 Å². The highest BCUT2D eigenvalue weighted by molar-refractivity contribution is 5.85. The van der Waals surface area contributed by atoms with Crippen molar-refractivity contribution in [1.29, 1.82) is 5.26 Å². The summed E-state index contributed by atoms with van der Waals surface area (Å²) >= 11 is 0. The zero-order valence-electron chi connectivity index (χ0n) is 15.6. The lowest BCUT2D eigenvalue weighted by molar-refractivity contribution is -0.145. The summed E-state index contributed by atoms with van der Waals surface area (Å²) in [7, 11) is 1.53. The van der Waals surface area contributed by atoms with Crippen LogP contribution in [0.1, 0.15) is 37.3 Å². The van der Waals surface area contributed by atoms with Gasteiger partial charge in [0.05, 0.1) is 23.7 Å². The predicted octanol–water partition coefficient (Wildman–Crippen LogP) is 2.81. The fraction of sp³-hybridized carbons (Fsp3) is 0.500. The van der Waals surface area contributed by atoms with Gasteiger partial charge in [-0.25, -0.2) is 9.97 Å². The van der Waals surface area contributed by atoms with Gasteiger partial charge in [0, 0.05) is 20.2 Å². The number of aromatic nitrogens is 2. The van der Waals surface area contributed by atoms with Gasteiger partial charge in [-0.05, 0) is 25.0 Å². The van der Waals surface area contributed by atoms with E-state index in [2.05, 4.69) is 16.0 Å². The molecule has 2 aromatic rings. The van der Waals surface area contributed by atoms with E-state index >= 15 is 0 Å². The second-order valence-corrected chi connectivity index (χ2v) is 6.54. The number of rotatable bonds is 6. The molecule has 0 aliphatic carbocycles. The molecule has 1 aromatic carbocycles. The number of methoxy groups -OCH3 is 1. The van der Waals surface area contributed by atoms with Gasteiger partial charge < -0.3 is 14.4 Å². The third kappa shape index (κ3) is 4.52. The smallest absolute Gasteiger partial charge is 0.329 e. The second kappa shape index (κ2) is 9.28. The number of carbonyl (C=O) groups excluding carboxylic acids is 1. The van der Waals surface area contributed by atoms with Crippen molar-refractivity contribution in [3.8, 4) is 6.07 Å². The molecule has 142 valence electrons. The number of esters is 1. The van der Waals surface area contributed by atoms with Crippen molar-refractivity contribution in [2.24, 2.45) is 0 Å². The number of carbonyl (C=O) groups is 1. The molecule has 27 heavy (non-hydrogen) atoms. The number of nitriles is 1. The molecule has 1 aromatic heterocycles. The first-order chi connectivity index (χ1) is 13.2. The maximum Gasteiger partial charge on any atom is 0.329 e. The minimum absolute atomic E-state index is 0.105. The van der Waals surface area contributed by atoms with Crippen molar-refractivity contribution in [2.75, 3.05) is 38.3 Å². The number of hydrogen-bond acceptors (Lipinski definition) is 7. The number of fused-ring (bicyclic) bond motifs is 1. The SMILES string of the molecule is COCCOC(=O)[C@H](C#N)c1nc2ccccc2nc1N1CCCCCC1. The summed E-state index contributed by atoms with van der Waals surface area (Å²) in [5, 5.41) is 9.69. The van der Waals surface area contributed by atoms with Gasteiger partial charge in [-0.2, -0.15) is 5.26 Å². The van der Waals surface area contributed by atoms with Crippen molar-refractivity contribution in [3.63, 3.8) is 0 Å². The molecular formula is C20H24N4O3. The Kier molecular flexibility index (Phi) is 6.55. The van der Waals surface area contributed by atoms with Crippen LogP contribution in [-0.4, -0.2) is 49.4 Å². The molecule has 0 N–H and O–H groups in total. The molecular weight excluding hydrogens is 344 g/mol. The molecule has 0 saturated carbocycles. The third-order valence-corrected chi connectivity index (χ3v) is 4.65. The average molecular weight is 368 g/mol. The minimum Gasteiger partial charge on any atom is -0.462 e. The van der Waals surface area contributed by atoms with Crippen LogP contribution in [0.25, 0.3) is 11.0 Å². The summed E-state index contributed by atoms with van der Waals surface area (Å²) in [6.45, 7) is 2.08. The van der Waals surface area contributed by atoms with E-state index in [4.69, 9.17) is 14.5 Å². The van der Waals surface area contributed by atoms with E-state index in [9.17, 15) is 10.1 Å². The molecule has 0 spiro atoms. The van der Waals surface area contributed by atoms with Crippen molar-refractivity contribution < 1.29 is 14.3 Å². The standard InChI is InChI=1S/C20H24N4O3/c1-26-12-13-27-20(25)15(14-21)18-19(24-10-6-2-3-7-11-24)23-17-9-5-4-8-16(17)22-18/h4-5,8-9,15H,2-3,6-7,10-13H2,1H3/t15-/m1/s1. The molecule has 2 heterocycles. The van der Waals surface area contributed by atoms with Gasteiger partial charge >= 0.3 is 5.97 Å². The highest BCUT2D eigenvalue weighted by Gasteiger charge is 2.30. The quantitative estimate of drug-likeness (QED) is 0.572. The van der Waals surface area contributed by atoms with Crippen LogP contribution in [0.4, 0.5) is 5.82 Å². The molecule has 0 amide bonds. The summed E-state index contributed by atoms with van der Waals surface area (Å²) in [6.07, 6.45) is 4.47. The van der Waals surface area contributed by atoms with Crippen molar-refractivity contribution in [3.05, 3.63) is 30.0 Å². The maximum absolute atomic E-state index is 12.5. The first-order valence-corrected chi connectivity index (χ1v) is 9.31. The molecule has 1 atom stereocenters. The topological polar surface area (TPSA) is 88.3 Å². The van der Waals surface area contributed by atoms with E-state index < -0.39 is 11.9 Å². The van der Waals surface area contributed by atoms with E-state index in [0.717, 1.165) is 31.4 Å². The number of anilines is 1. The van der Waals surface area contributed by atoms with Crippen LogP contribution in [0.5, 0.6) is 0 Å². The number of nitrogens with zero attached hydrogens (tertiary/aromatic N) is 4. The lowest BCUT2D eigenvalue weighted by Crippen LogP contribution is -2.29. The van der Waals surface area contributed by atoms with E-state index in [1.165, 1.54) is 20.0 Å². The fourth-order valence-corrected chi connectivity index (χ4v) is 3.25. The Hall–Kier alpha value is -2.72. The monoisotopic (exact) mass is 368 g/mol. The van der Waals surface area contributed by atoms with Crippen LogP contribution >= 0.6 is 0 Å². The molecule has 1 aliphatic heterocycles. The summed E-state index contributed by atoms with van der Waals surface area (Å²) < 4.78 is 10.1. The van der Waals surface area contributed by atoms with E-state index in [0.29, 0.717) is 17.0 Å². The lowest BCUT2D eigenvalue weighted by Gasteiger charge is -2.25. The van der Waals surface area contributed by atoms with Crippen molar-refractivity contribution >= 4 is 22.8 Å². The predicted molar refractivity (Wildman–Crippen MR) is 101 cm³/mol. The van der Waals surface area contributed by atoms with Crippen LogP contribution < -0.4 is 4.90 Å². The number of para-hydroxylation sites is 2. The van der Waals surface area contributed by atoms with Crippen LogP contribution in [0.2, 0.25) is 0 Å². The van der Waals surface area contributed by atoms with E-state index in [1.54, 1.807) is 0 Å². The Balaban J connectivity index is 2.01. The molecule has 1 aliphatic rings. The van der Waals surface area contributed by atoms with Crippen molar-refractivity contribution in [2.45, 2.75) is 31.6 Å². The largest absolute Gasteiger partial charge is 0.462 e. The molecule has 0 bridgehead atoms. The van der Waals surface area contributed by atoms with Gasteiger partial charge in [0.25, 0.3) is 0 Å². The van der Waals surface area contributed by atoms with Gasteiger partial charge in [0.2, 0.25) is 0 Å². The summed E-state index contributed by atoms with van der Waals surface area (Å²) in [5.74, 6) is -1.11. The Morgan fingerprint density at radius 3 is 2.44 bits per heavy atom. The van der Waals surface area contributed by atoms with Crippen LogP contribution in [0.3, 0.4) is 0 Å². The number of benzene rings is 1. The Morgan fingerprint density at radius 2 is 1.81 bits per heavy atom. The van der Waals surface area contributed by atoms with Crippen LogP contribution in [0, 0.1) is 11.3 Å². The van der Waals surface area contributed by atoms with E-state index in [-0.39, 0.29) is 13.2 Å². The number of ether oxygens (including phenoxy) is 2. The molecule has 3 rings (SSSR count). The zero-order valence-corrected chi connectivity index (χ0v) is 15.6. The van der Waals surface area contributed by atoms with Crippen molar-refractivity contribution in [1.82, 2.24) is 9.97 Å². The summed E-state index contributed by atoms with van der Waals surface area (Å²) in [5.41, 5.74) is 1.79. The van der Waals surface area contributed by atoms with Crippen LogP contribution in [0.15, 0.2) is 24.3 Å². The van der Waals surface area contributed by atoms with E-state index in [1.807, 2.05) is 24.3 Å². The number of hydrogen-bond donors (Lipinski definition) is 0. The van der Waals surface area contributed by atoms with Gasteiger partial charge in [0.1, 0.15) is 12.3 Å². The van der Waals surface area contributed by atoms with Gasteiger partial charge in [0.15, 0.2) is 11.7 Å². The molecule has 0 radical (unpaired) electrons.